The summed E-state index contributed by atoms with van der Waals surface area (Å²) in [5, 5.41) is 0. The Hall–Kier alpha value is 1.71. The van der Waals surface area contributed by atoms with Gasteiger partial charge in [-0.25, -0.2) is 0 Å². The third-order valence-electron chi connectivity index (χ3n) is 0. The van der Waals surface area contributed by atoms with Crippen LogP contribution in [0, 0.1) is 0 Å². The van der Waals surface area contributed by atoms with E-state index in [4.69, 9.17) is 10.0 Å². The van der Waals surface area contributed by atoms with Crippen LogP contribution in [0.5, 0.6) is 0 Å². The molecule has 0 aromatic carbocycles. The zero-order valence-corrected chi connectivity index (χ0v) is 6.27. The van der Waals surface area contributed by atoms with Crippen LogP contribution in [0.15, 0.2) is 0 Å². The van der Waals surface area contributed by atoms with E-state index in [0.29, 0.717) is 0 Å². The second-order valence-electron chi connectivity index (χ2n) is 0. The van der Waals surface area contributed by atoms with E-state index >= 15 is 0 Å². The molecule has 0 saturated heterocycles. The second kappa shape index (κ2) is 22.2. The van der Waals surface area contributed by atoms with Crippen LogP contribution < -0.4 is 0 Å². The van der Waals surface area contributed by atoms with E-state index < -0.39 is 0 Å². The van der Waals surface area contributed by atoms with E-state index in [1.807, 2.05) is 0 Å². The number of hydrogen-bond acceptors (Lipinski definition) is 0. The van der Waals surface area contributed by atoms with Gasteiger partial charge >= 0.3 is 41.9 Å². The minimum atomic E-state index is 0.778. The Kier molecular flexibility index (Phi) is 51.0. The number of rotatable bonds is 0. The van der Waals surface area contributed by atoms with Gasteiger partial charge in [-0.1, -0.05) is 0 Å². The fourth-order valence-corrected chi connectivity index (χ4v) is 0. The van der Waals surface area contributed by atoms with E-state index in [1.165, 1.54) is 16.7 Å². The first kappa shape index (κ1) is 9.20. The van der Waals surface area contributed by atoms with Crippen LogP contribution in [0.4, 0.5) is 0 Å². The zero-order chi connectivity index (χ0) is 4.00. The van der Waals surface area contributed by atoms with Crippen molar-refractivity contribution < 1.29 is 0 Å². The standard InChI is InChI=1S/Al.2ClH.Li.2H/h;2*1H;;;/q+1;;;+1;;/p-2. The molecule has 0 radical (unpaired) electrons. The number of halogens is 2. The summed E-state index contributed by atoms with van der Waals surface area (Å²) in [7, 11) is 9.42. The molecule has 0 aliphatic rings. The van der Waals surface area contributed by atoms with Crippen molar-refractivity contribution in [2.75, 3.05) is 0 Å². The molecule has 0 aliphatic heterocycles. The molecule has 0 aromatic heterocycles. The maximum absolute atomic E-state index is 4.78. The van der Waals surface area contributed by atoms with Crippen LogP contribution in [0.1, 0.15) is 0 Å². The van der Waals surface area contributed by atoms with Crippen molar-refractivity contribution in [3.05, 3.63) is 0 Å². The Balaban J connectivity index is 0. The molecule has 0 amide bonds. The zero-order valence-electron chi connectivity index (χ0n) is 2.76. The van der Waals surface area contributed by atoms with Gasteiger partial charge < -0.3 is 0 Å². The summed E-state index contributed by atoms with van der Waals surface area (Å²) in [6, 6.07) is 0. The van der Waals surface area contributed by atoms with E-state index in [1.54, 1.807) is 0 Å². The average molecular weight is 107 g/mol. The summed E-state index contributed by atoms with van der Waals surface area (Å²) in [5.41, 5.74) is 0. The van der Waals surface area contributed by atoms with Crippen molar-refractivity contribution in [3.8, 4) is 0 Å². The predicted octanol–water partition coefficient (Wildman–Crippen LogP) is 0.0820. The first-order valence-corrected chi connectivity index (χ1v) is 4.54. The monoisotopic (exact) mass is 106 g/mol. The third kappa shape index (κ3) is 9.32. The molecular weight excluding hydrogens is 105 g/mol. The first-order valence-electron chi connectivity index (χ1n) is 0.756. The molecule has 0 rings (SSSR count). The van der Waals surface area contributed by atoms with Gasteiger partial charge in [0.05, 0.1) is 0 Å². The third-order valence-corrected chi connectivity index (χ3v) is 0. The molecule has 20 valence electrons. The van der Waals surface area contributed by atoms with Gasteiger partial charge in [-0.2, -0.15) is 0 Å². The molecule has 0 N–H and O–H groups in total. The molecule has 0 bridgehead atoms. The fraction of sp³-hybridized carbons (Fsp3) is 0. The van der Waals surface area contributed by atoms with Gasteiger partial charge in [0.1, 0.15) is 0 Å². The quantitative estimate of drug-likeness (QED) is 0.384. The van der Waals surface area contributed by atoms with Gasteiger partial charge in [0, 0.05) is 0 Å². The minimum absolute atomic E-state index is 0.778. The summed E-state index contributed by atoms with van der Waals surface area (Å²) in [5.74, 6) is 0. The molecule has 0 atom stereocenters. The summed E-state index contributed by atoms with van der Waals surface area (Å²) >= 11 is 2.25. The van der Waals surface area contributed by atoms with Gasteiger partial charge in [-0.3, -0.25) is 10.0 Å². The Labute approximate surface area is 51.8 Å². The van der Waals surface area contributed by atoms with Crippen LogP contribution in [-0.2, 0) is 0 Å². The van der Waals surface area contributed by atoms with Crippen LogP contribution in [0.25, 0.3) is 0 Å². The van der Waals surface area contributed by atoms with Crippen molar-refractivity contribution in [1.82, 2.24) is 0 Å². The molecule has 0 saturated carbocycles. The molecule has 4 heteroatoms. The normalized spacial score (nSPS) is 3.00. The van der Waals surface area contributed by atoms with Gasteiger partial charge in [-0.05, 0) is 0 Å². The predicted molar refractivity (Wildman–Crippen MR) is 26.0 cm³/mol. The van der Waals surface area contributed by atoms with E-state index in [0.717, 1.165) is 15.4 Å². The van der Waals surface area contributed by atoms with Crippen LogP contribution in [0.3, 0.4) is 0 Å². The molecule has 0 heterocycles. The molecule has 0 aromatic rings. The Bertz CT molecular complexity index is 6.00. The maximum atomic E-state index is 4.78. The molecular formula is H2AlCl2Li. The van der Waals surface area contributed by atoms with Crippen LogP contribution in [-0.4, -0.2) is 32.1 Å². The van der Waals surface area contributed by atoms with Crippen LogP contribution in [0.2, 0.25) is 0 Å². The summed E-state index contributed by atoms with van der Waals surface area (Å²) in [6.07, 6.45) is 0. The van der Waals surface area contributed by atoms with Crippen molar-refractivity contribution in [2.45, 2.75) is 0 Å². The van der Waals surface area contributed by atoms with Crippen molar-refractivity contribution in [3.63, 3.8) is 0 Å². The average Bonchev–Trinajstić information content (AvgIpc) is 1.50. The van der Waals surface area contributed by atoms with Crippen LogP contribution >= 0.6 is 19.8 Å². The molecule has 0 spiro atoms. The first-order chi connectivity index (χ1) is 2.00. The molecule has 0 nitrogen and oxygen atoms in total. The van der Waals surface area contributed by atoms with Crippen molar-refractivity contribution in [2.24, 2.45) is 0 Å². The molecule has 0 unspecified atom stereocenters. The molecule has 0 fully saturated rings. The van der Waals surface area contributed by atoms with E-state index in [9.17, 15) is 0 Å². The van der Waals surface area contributed by atoms with Gasteiger partial charge in [-0.15, -0.1) is 0 Å². The van der Waals surface area contributed by atoms with Gasteiger partial charge in [0.15, 0.2) is 0 Å². The summed E-state index contributed by atoms with van der Waals surface area (Å²) in [4.78, 5) is 0. The number of hydrogen-bond donors (Lipinski definition) is 0. The summed E-state index contributed by atoms with van der Waals surface area (Å²) < 4.78 is 0. The topological polar surface area (TPSA) is 0 Å². The van der Waals surface area contributed by atoms with Gasteiger partial charge in [0.2, 0.25) is 0 Å². The summed E-state index contributed by atoms with van der Waals surface area (Å²) in [6.45, 7) is 0. The van der Waals surface area contributed by atoms with Gasteiger partial charge in [0.25, 0.3) is 0 Å². The Morgan fingerprint density at radius 1 is 1.25 bits per heavy atom. The molecule has 0 aliphatic carbocycles. The van der Waals surface area contributed by atoms with Crippen molar-refractivity contribution in [1.29, 1.82) is 0 Å². The fourth-order valence-electron chi connectivity index (χ4n) is 0. The Morgan fingerprint density at radius 2 is 1.25 bits per heavy atom. The SMILES string of the molecule is [AlH2][Cl].[Li][Cl]. The Morgan fingerprint density at radius 3 is 1.25 bits per heavy atom. The van der Waals surface area contributed by atoms with E-state index in [-0.39, 0.29) is 0 Å². The molecule has 4 heavy (non-hydrogen) atoms. The van der Waals surface area contributed by atoms with Crippen molar-refractivity contribution >= 4 is 52.0 Å². The van der Waals surface area contributed by atoms with E-state index in [2.05, 4.69) is 9.80 Å². The second-order valence-corrected chi connectivity index (χ2v) is 0.